The lowest BCUT2D eigenvalue weighted by Gasteiger charge is -2.27. The number of para-hydroxylation sites is 2. The molecule has 0 aliphatic carbocycles. The maximum Gasteiger partial charge on any atom is 0.143 e. The molecule has 2 heterocycles. The zero-order valence-electron chi connectivity index (χ0n) is 36.7. The van der Waals surface area contributed by atoms with E-state index in [-0.39, 0.29) is 38.8 Å². The lowest BCUT2D eigenvalue weighted by molar-refractivity contribution is 0.670. The number of nitrogens with zero attached hydrogens (tertiary/aromatic N) is 1. The summed E-state index contributed by atoms with van der Waals surface area (Å²) < 4.78 is 106. The highest BCUT2D eigenvalue weighted by atomic mass is 32.1. The molecule has 3 heteroatoms. The van der Waals surface area contributed by atoms with Crippen LogP contribution in [0.15, 0.2) is 180 Å². The summed E-state index contributed by atoms with van der Waals surface area (Å²) in [4.78, 5) is 1.69. The molecule has 0 spiro atoms. The summed E-state index contributed by atoms with van der Waals surface area (Å²) in [5.74, 6) is 0. The minimum atomic E-state index is -0.627. The van der Waals surface area contributed by atoms with E-state index in [1.165, 1.54) is 14.8 Å². The molecule has 0 aliphatic rings. The summed E-state index contributed by atoms with van der Waals surface area (Å²) in [5, 5.41) is 3.67. The van der Waals surface area contributed by atoms with Crippen molar-refractivity contribution in [2.75, 3.05) is 4.90 Å². The maximum atomic E-state index is 9.55. The Hall–Kier alpha value is -6.16. The highest BCUT2D eigenvalue weighted by Crippen LogP contribution is 2.42. The average Bonchev–Trinajstić information content (AvgIpc) is 3.85. The van der Waals surface area contributed by atoms with Crippen LogP contribution >= 0.6 is 11.3 Å². The highest BCUT2D eigenvalue weighted by Gasteiger charge is 2.17. The molecule has 8 aromatic carbocycles. The number of furan rings is 1. The third kappa shape index (κ3) is 4.62. The maximum absolute atomic E-state index is 9.55. The monoisotopic (exact) mass is 654 g/mol. The smallest absolute Gasteiger partial charge is 0.143 e. The van der Waals surface area contributed by atoms with Gasteiger partial charge in [-0.25, -0.2) is 0 Å². The highest BCUT2D eigenvalue weighted by molar-refractivity contribution is 7.25. The van der Waals surface area contributed by atoms with Crippen molar-refractivity contribution in [1.29, 1.82) is 0 Å². The molecular weight excluding hydrogens is 615 g/mol. The third-order valence-electron chi connectivity index (χ3n) is 8.86. The van der Waals surface area contributed by atoms with Crippen LogP contribution in [0, 0.1) is 0 Å². The molecule has 0 aliphatic heterocycles. The molecule has 0 amide bonds. The zero-order chi connectivity index (χ0) is 41.9. The van der Waals surface area contributed by atoms with Crippen LogP contribution in [0.5, 0.6) is 0 Å². The van der Waals surface area contributed by atoms with Gasteiger partial charge in [-0.15, -0.1) is 11.3 Å². The van der Waals surface area contributed by atoms with Crippen LogP contribution in [0.2, 0.25) is 0 Å². The summed E-state index contributed by atoms with van der Waals surface area (Å²) in [7, 11) is 0. The minimum Gasteiger partial charge on any atom is -0.455 e. The van der Waals surface area contributed by atoms with Gasteiger partial charge in [-0.05, 0) is 76.6 Å². The quantitative estimate of drug-likeness (QED) is 0.184. The first-order valence-electron chi connectivity index (χ1n) is 21.2. The summed E-state index contributed by atoms with van der Waals surface area (Å²) in [6.45, 7) is 0. The van der Waals surface area contributed by atoms with E-state index in [1.807, 2.05) is 78.9 Å². The number of hydrogen-bond acceptors (Lipinski definition) is 3. The molecule has 2 aromatic heterocycles. The van der Waals surface area contributed by atoms with Crippen LogP contribution in [-0.4, -0.2) is 0 Å². The number of hydrogen-bond donors (Lipinski definition) is 0. The van der Waals surface area contributed by atoms with Crippen molar-refractivity contribution in [2.45, 2.75) is 0 Å². The first-order chi connectivity index (χ1) is 28.9. The van der Waals surface area contributed by atoms with Crippen LogP contribution in [0.3, 0.4) is 0 Å². The second-order valence-electron chi connectivity index (χ2n) is 11.7. The van der Waals surface area contributed by atoms with Crippen LogP contribution < -0.4 is 4.90 Å². The summed E-state index contributed by atoms with van der Waals surface area (Å²) >= 11 is 1.74. The molecule has 0 saturated carbocycles. The molecule has 10 aromatic rings. The fourth-order valence-corrected chi connectivity index (χ4v) is 7.63. The molecule has 230 valence electrons. The fraction of sp³-hybridized carbons (Fsp3) is 0. The Morgan fingerprint density at radius 1 is 0.490 bits per heavy atom. The number of thiophene rings is 1. The van der Waals surface area contributed by atoms with Crippen molar-refractivity contribution in [3.05, 3.63) is 176 Å². The van der Waals surface area contributed by atoms with E-state index in [0.717, 1.165) is 27.3 Å². The molecule has 0 bridgehead atoms. The second-order valence-corrected chi connectivity index (χ2v) is 12.8. The molecular formula is C46H29NOS. The molecule has 0 unspecified atom stereocenters. The van der Waals surface area contributed by atoms with Crippen LogP contribution in [0.1, 0.15) is 15.1 Å². The Kier molecular flexibility index (Phi) is 4.35. The van der Waals surface area contributed by atoms with E-state index >= 15 is 0 Å². The minimum absolute atomic E-state index is 0.0702. The fourth-order valence-electron chi connectivity index (χ4n) is 6.55. The molecule has 0 N–H and O–H groups in total. The standard InChI is InChI=1S/C46H29NOS/c1-2-11-36-31(9-1)10-7-16-42(36)47(34-24-19-30(20-25-34)33-23-28-45-41(29-33)39-13-4-6-18-44(39)49-45)35-26-21-32(22-27-35)37-14-8-15-40-38-12-3-5-17-43(38)48-46(37)40/h1-29H/i3D,5D,8D,12D,14D,15D,17D,21D,22D,26D,27D. The summed E-state index contributed by atoms with van der Waals surface area (Å²) in [6.07, 6.45) is 0. The second kappa shape index (κ2) is 11.2. The average molecular weight is 655 g/mol. The van der Waals surface area contributed by atoms with Gasteiger partial charge >= 0.3 is 0 Å². The van der Waals surface area contributed by atoms with E-state index in [9.17, 15) is 5.48 Å². The van der Waals surface area contributed by atoms with Gasteiger partial charge in [0.2, 0.25) is 0 Å². The molecule has 10 rings (SSSR count). The molecule has 49 heavy (non-hydrogen) atoms. The van der Waals surface area contributed by atoms with Gasteiger partial charge in [-0.3, -0.25) is 0 Å². The lowest BCUT2D eigenvalue weighted by Crippen LogP contribution is -2.10. The number of fused-ring (bicyclic) bond motifs is 7. The van der Waals surface area contributed by atoms with E-state index in [1.54, 1.807) is 16.2 Å². The predicted octanol–water partition coefficient (Wildman–Crippen LogP) is 13.9. The Morgan fingerprint density at radius 2 is 1.22 bits per heavy atom. The summed E-state index contributed by atoms with van der Waals surface area (Å²) in [6, 6.07) is 29.7. The zero-order valence-corrected chi connectivity index (χ0v) is 26.5. The van der Waals surface area contributed by atoms with Gasteiger partial charge in [0.1, 0.15) is 11.2 Å². The topological polar surface area (TPSA) is 16.4 Å². The van der Waals surface area contributed by atoms with Gasteiger partial charge in [0.25, 0.3) is 0 Å². The third-order valence-corrected chi connectivity index (χ3v) is 10.0. The molecule has 0 fully saturated rings. The largest absolute Gasteiger partial charge is 0.455 e. The van der Waals surface area contributed by atoms with Gasteiger partial charge < -0.3 is 9.32 Å². The Balaban J connectivity index is 1.20. The van der Waals surface area contributed by atoms with E-state index < -0.39 is 66.5 Å². The summed E-state index contributed by atoms with van der Waals surface area (Å²) in [5.41, 5.74) is 1.73. The Morgan fingerprint density at radius 3 is 2.12 bits per heavy atom. The van der Waals surface area contributed by atoms with Crippen LogP contribution in [0.25, 0.3) is 75.1 Å². The molecule has 0 saturated heterocycles. The van der Waals surface area contributed by atoms with Crippen molar-refractivity contribution in [1.82, 2.24) is 0 Å². The molecule has 0 radical (unpaired) electrons. The van der Waals surface area contributed by atoms with Gasteiger partial charge in [-0.2, -0.15) is 0 Å². The van der Waals surface area contributed by atoms with Crippen LogP contribution in [-0.2, 0) is 0 Å². The number of anilines is 3. The molecule has 0 atom stereocenters. The van der Waals surface area contributed by atoms with Crippen molar-refractivity contribution in [3.8, 4) is 22.3 Å². The first-order valence-corrected chi connectivity index (χ1v) is 16.5. The SMILES string of the molecule is [2H]c1c([2H])c(N(c2ccc(-c3ccc4sc5ccccc5c4c3)cc2)c2cccc3ccccc23)c([2H])c([2H])c1-c1c([2H])c([2H])c([2H])c2c1oc1c([2H])c([2H])c([2H])c([2H])c12. The van der Waals surface area contributed by atoms with Crippen molar-refractivity contribution >= 4 is 81.3 Å². The number of rotatable bonds is 5. The van der Waals surface area contributed by atoms with Crippen molar-refractivity contribution in [2.24, 2.45) is 0 Å². The predicted molar refractivity (Wildman–Crippen MR) is 210 cm³/mol. The van der Waals surface area contributed by atoms with Crippen molar-refractivity contribution in [3.63, 3.8) is 0 Å². The normalized spacial score (nSPS) is 14.8. The first kappa shape index (κ1) is 19.0. The van der Waals surface area contributed by atoms with E-state index in [4.69, 9.17) is 14.0 Å². The van der Waals surface area contributed by atoms with Gasteiger partial charge in [0.05, 0.1) is 20.8 Å². The van der Waals surface area contributed by atoms with Gasteiger partial charge in [0, 0.05) is 53.3 Å². The molecule has 2 nitrogen and oxygen atoms in total. The lowest BCUT2D eigenvalue weighted by atomic mass is 10.0. The van der Waals surface area contributed by atoms with Gasteiger partial charge in [-0.1, -0.05) is 121 Å². The Bertz CT molecular complexity index is 3430. The van der Waals surface area contributed by atoms with Crippen molar-refractivity contribution < 1.29 is 19.5 Å². The van der Waals surface area contributed by atoms with Gasteiger partial charge in [0.15, 0.2) is 0 Å². The van der Waals surface area contributed by atoms with E-state index in [0.29, 0.717) is 11.4 Å². The van der Waals surface area contributed by atoms with Crippen LogP contribution in [0.4, 0.5) is 17.1 Å². The number of benzene rings is 8. The Labute approximate surface area is 303 Å². The van der Waals surface area contributed by atoms with E-state index in [2.05, 4.69) is 30.3 Å².